The first-order chi connectivity index (χ1) is 12.5. The number of Topliss-reactive ketones (excluding diaryl/α,β-unsaturated/α-hetero) is 1. The van der Waals surface area contributed by atoms with Gasteiger partial charge in [0, 0.05) is 22.7 Å². The molecule has 26 heavy (non-hydrogen) atoms. The van der Waals surface area contributed by atoms with E-state index >= 15 is 0 Å². The quantitative estimate of drug-likeness (QED) is 0.541. The second-order valence-corrected chi connectivity index (χ2v) is 6.23. The summed E-state index contributed by atoms with van der Waals surface area (Å²) in [5.74, 6) is 0.0482. The van der Waals surface area contributed by atoms with Gasteiger partial charge in [-0.2, -0.15) is 0 Å². The number of ether oxygens (including phenoxy) is 2. The largest absolute Gasteiger partial charge is 0.496 e. The summed E-state index contributed by atoms with van der Waals surface area (Å²) in [7, 11) is 1.59. The van der Waals surface area contributed by atoms with Crippen LogP contribution in [0.5, 0.6) is 5.75 Å². The average molecular weight is 351 g/mol. The van der Waals surface area contributed by atoms with Gasteiger partial charge < -0.3 is 14.5 Å². The normalized spacial score (nSPS) is 12.0. The summed E-state index contributed by atoms with van der Waals surface area (Å²) in [6.45, 7) is 3.53. The number of aryl methyl sites for hydroxylation is 1. The minimum atomic E-state index is -0.853. The van der Waals surface area contributed by atoms with E-state index in [4.69, 9.17) is 9.47 Å². The molecule has 0 saturated carbocycles. The number of hydrogen-bond donors (Lipinski definition) is 1. The molecule has 0 aliphatic carbocycles. The van der Waals surface area contributed by atoms with E-state index in [2.05, 4.69) is 4.98 Å². The van der Waals surface area contributed by atoms with Crippen LogP contribution >= 0.6 is 0 Å². The zero-order valence-electron chi connectivity index (χ0n) is 15.0. The molecule has 1 unspecified atom stereocenters. The van der Waals surface area contributed by atoms with E-state index in [-0.39, 0.29) is 12.2 Å². The lowest BCUT2D eigenvalue weighted by Gasteiger charge is -2.13. The Labute approximate surface area is 151 Å². The van der Waals surface area contributed by atoms with Crippen molar-refractivity contribution in [3.63, 3.8) is 0 Å². The highest BCUT2D eigenvalue weighted by atomic mass is 16.5. The van der Waals surface area contributed by atoms with E-state index in [1.807, 2.05) is 49.4 Å². The van der Waals surface area contributed by atoms with Gasteiger partial charge in [-0.3, -0.25) is 9.59 Å². The predicted molar refractivity (Wildman–Crippen MR) is 99.6 cm³/mol. The zero-order chi connectivity index (χ0) is 18.7. The molecule has 1 heterocycles. The van der Waals surface area contributed by atoms with Crippen LogP contribution in [0.1, 0.15) is 28.4 Å². The molecule has 0 spiro atoms. The number of H-pyrrole nitrogens is 1. The first-order valence-corrected chi connectivity index (χ1v) is 8.43. The lowest BCUT2D eigenvalue weighted by atomic mass is 10.1. The topological polar surface area (TPSA) is 68.4 Å². The molecule has 0 fully saturated rings. The molecule has 5 heteroatoms. The number of esters is 1. The third-order valence-corrected chi connectivity index (χ3v) is 4.35. The van der Waals surface area contributed by atoms with E-state index in [0.717, 1.165) is 27.8 Å². The Morgan fingerprint density at radius 1 is 1.15 bits per heavy atom. The number of aromatic nitrogens is 1. The van der Waals surface area contributed by atoms with Gasteiger partial charge in [-0.25, -0.2) is 0 Å². The molecule has 1 aromatic heterocycles. The van der Waals surface area contributed by atoms with Crippen molar-refractivity contribution in [2.75, 3.05) is 7.11 Å². The van der Waals surface area contributed by atoms with Crippen molar-refractivity contribution in [1.29, 1.82) is 0 Å². The Kier molecular flexibility index (Phi) is 5.07. The molecule has 0 aliphatic heterocycles. The van der Waals surface area contributed by atoms with E-state index in [0.29, 0.717) is 5.56 Å². The van der Waals surface area contributed by atoms with Crippen LogP contribution in [0.3, 0.4) is 0 Å². The fraction of sp³-hybridized carbons (Fsp3) is 0.238. The van der Waals surface area contributed by atoms with Crippen LogP contribution in [0, 0.1) is 6.92 Å². The zero-order valence-corrected chi connectivity index (χ0v) is 15.0. The molecule has 2 aromatic carbocycles. The van der Waals surface area contributed by atoms with Gasteiger partial charge in [-0.1, -0.05) is 30.3 Å². The second kappa shape index (κ2) is 7.44. The molecule has 0 bridgehead atoms. The van der Waals surface area contributed by atoms with E-state index in [1.54, 1.807) is 20.2 Å². The van der Waals surface area contributed by atoms with Gasteiger partial charge in [-0.05, 0) is 37.1 Å². The van der Waals surface area contributed by atoms with Crippen molar-refractivity contribution < 1.29 is 19.1 Å². The van der Waals surface area contributed by atoms with Crippen LogP contribution in [0.25, 0.3) is 10.9 Å². The smallest absolute Gasteiger partial charge is 0.310 e. The predicted octanol–water partition coefficient (Wildman–Crippen LogP) is 3.84. The molecule has 1 N–H and O–H groups in total. The number of carbonyl (C=O) groups excluding carboxylic acids is 2. The number of ketones is 1. The minimum absolute atomic E-state index is 0.0855. The van der Waals surface area contributed by atoms with E-state index in [1.165, 1.54) is 0 Å². The molecular weight excluding hydrogens is 330 g/mol. The molecular formula is C21H21NO4. The molecule has 0 radical (unpaired) electrons. The van der Waals surface area contributed by atoms with Crippen LogP contribution in [0.4, 0.5) is 0 Å². The van der Waals surface area contributed by atoms with Gasteiger partial charge in [0.1, 0.15) is 5.75 Å². The van der Waals surface area contributed by atoms with Gasteiger partial charge in [0.25, 0.3) is 0 Å². The third kappa shape index (κ3) is 3.61. The fourth-order valence-corrected chi connectivity index (χ4v) is 2.93. The Morgan fingerprint density at radius 2 is 1.92 bits per heavy atom. The van der Waals surface area contributed by atoms with Crippen LogP contribution in [0.15, 0.2) is 48.7 Å². The lowest BCUT2D eigenvalue weighted by molar-refractivity contribution is -0.145. The second-order valence-electron chi connectivity index (χ2n) is 6.23. The van der Waals surface area contributed by atoms with Gasteiger partial charge in [0.05, 0.1) is 13.5 Å². The number of para-hydroxylation sites is 1. The average Bonchev–Trinajstić information content (AvgIpc) is 3.06. The summed E-state index contributed by atoms with van der Waals surface area (Å²) in [4.78, 5) is 27.9. The molecule has 134 valence electrons. The number of aromatic amines is 1. The van der Waals surface area contributed by atoms with E-state index < -0.39 is 12.1 Å². The maximum absolute atomic E-state index is 12.6. The van der Waals surface area contributed by atoms with Crippen molar-refractivity contribution in [3.8, 4) is 5.75 Å². The van der Waals surface area contributed by atoms with E-state index in [9.17, 15) is 9.59 Å². The molecule has 1 atom stereocenters. The number of nitrogens with one attached hydrogen (secondary N) is 1. The Bertz CT molecular complexity index is 958. The number of carbonyl (C=O) groups is 2. The Balaban J connectivity index is 1.68. The molecule has 3 rings (SSSR count). The third-order valence-electron chi connectivity index (χ3n) is 4.35. The first-order valence-electron chi connectivity index (χ1n) is 8.43. The summed E-state index contributed by atoms with van der Waals surface area (Å²) in [5.41, 5.74) is 3.18. The number of rotatable bonds is 6. The fourth-order valence-electron chi connectivity index (χ4n) is 2.93. The molecule has 0 saturated heterocycles. The molecule has 3 aromatic rings. The van der Waals surface area contributed by atoms with Gasteiger partial charge >= 0.3 is 5.97 Å². The van der Waals surface area contributed by atoms with Crippen LogP contribution in [-0.4, -0.2) is 30.0 Å². The van der Waals surface area contributed by atoms with Gasteiger partial charge in [-0.15, -0.1) is 0 Å². The highest BCUT2D eigenvalue weighted by Gasteiger charge is 2.22. The van der Waals surface area contributed by atoms with Crippen LogP contribution in [-0.2, 0) is 16.0 Å². The summed E-state index contributed by atoms with van der Waals surface area (Å²) >= 11 is 0. The number of benzene rings is 2. The lowest BCUT2D eigenvalue weighted by Crippen LogP contribution is -2.25. The summed E-state index contributed by atoms with van der Waals surface area (Å²) < 4.78 is 10.6. The Morgan fingerprint density at radius 3 is 2.69 bits per heavy atom. The first kappa shape index (κ1) is 17.7. The van der Waals surface area contributed by atoms with Crippen molar-refractivity contribution in [1.82, 2.24) is 4.98 Å². The van der Waals surface area contributed by atoms with Crippen molar-refractivity contribution in [2.45, 2.75) is 26.4 Å². The monoisotopic (exact) mass is 351 g/mol. The van der Waals surface area contributed by atoms with Crippen LogP contribution in [0.2, 0.25) is 0 Å². The standard InChI is InChI=1S/C21H21NO4/c1-13-8-9-15(10-19(13)25-3)11-20(23)26-14(2)21(24)17-12-22-18-7-5-4-6-16(17)18/h4-10,12,14,22H,11H2,1-3H3. The summed E-state index contributed by atoms with van der Waals surface area (Å²) in [6.07, 6.45) is 0.888. The maximum atomic E-state index is 12.6. The number of methoxy groups -OCH3 is 1. The van der Waals surface area contributed by atoms with Gasteiger partial charge in [0.2, 0.25) is 5.78 Å². The van der Waals surface area contributed by atoms with Crippen molar-refractivity contribution in [3.05, 3.63) is 65.4 Å². The summed E-state index contributed by atoms with van der Waals surface area (Å²) in [6, 6.07) is 13.1. The number of hydrogen-bond acceptors (Lipinski definition) is 4. The summed E-state index contributed by atoms with van der Waals surface area (Å²) in [5, 5.41) is 0.823. The Hall–Kier alpha value is -3.08. The van der Waals surface area contributed by atoms with Crippen molar-refractivity contribution >= 4 is 22.7 Å². The number of fused-ring (bicyclic) bond motifs is 1. The highest BCUT2D eigenvalue weighted by molar-refractivity contribution is 6.10. The van der Waals surface area contributed by atoms with Gasteiger partial charge in [0.15, 0.2) is 6.10 Å². The van der Waals surface area contributed by atoms with Crippen molar-refractivity contribution in [2.24, 2.45) is 0 Å². The highest BCUT2D eigenvalue weighted by Crippen LogP contribution is 2.21. The van der Waals surface area contributed by atoms with Crippen LogP contribution < -0.4 is 4.74 Å². The SMILES string of the molecule is COc1cc(CC(=O)OC(C)C(=O)c2c[nH]c3ccccc23)ccc1C. The molecule has 5 nitrogen and oxygen atoms in total. The molecule has 0 amide bonds. The minimum Gasteiger partial charge on any atom is -0.496 e. The molecule has 0 aliphatic rings. The maximum Gasteiger partial charge on any atom is 0.310 e.